The fraction of sp³-hybridized carbons (Fsp3) is 0.500. The molecule has 1 aromatic heterocycles. The van der Waals surface area contributed by atoms with E-state index >= 15 is 0 Å². The number of aliphatic carboxylic acids is 1. The standard InChI is InChI=1S/C14H20N2O4/c1-8(17)9-6-10(16(5)7-9)12(18)15-11(13(19)20)14(2,3)4/h6-7,11H,1-5H3,(H,15,18)(H,19,20). The number of nitrogens with zero attached hydrogens (tertiary/aromatic N) is 1. The van der Waals surface area contributed by atoms with E-state index in [1.807, 2.05) is 0 Å². The van der Waals surface area contributed by atoms with E-state index in [0.717, 1.165) is 0 Å². The van der Waals surface area contributed by atoms with Crippen LogP contribution in [-0.2, 0) is 11.8 Å². The van der Waals surface area contributed by atoms with Gasteiger partial charge in [0.25, 0.3) is 5.91 Å². The smallest absolute Gasteiger partial charge is 0.326 e. The Morgan fingerprint density at radius 3 is 2.20 bits per heavy atom. The predicted molar refractivity (Wildman–Crippen MR) is 73.8 cm³/mol. The molecule has 1 unspecified atom stereocenters. The zero-order valence-corrected chi connectivity index (χ0v) is 12.4. The summed E-state index contributed by atoms with van der Waals surface area (Å²) < 4.78 is 1.51. The normalized spacial score (nSPS) is 12.8. The number of hydrogen-bond donors (Lipinski definition) is 2. The van der Waals surface area contributed by atoms with Crippen molar-refractivity contribution in [1.29, 1.82) is 0 Å². The number of ketones is 1. The first-order chi connectivity index (χ1) is 9.04. The van der Waals surface area contributed by atoms with Gasteiger partial charge in [0.15, 0.2) is 5.78 Å². The van der Waals surface area contributed by atoms with Crippen LogP contribution in [0, 0.1) is 5.41 Å². The first kappa shape index (κ1) is 15.9. The second-order valence-corrected chi connectivity index (χ2v) is 5.89. The minimum absolute atomic E-state index is 0.148. The molecule has 6 heteroatoms. The third-order valence-electron chi connectivity index (χ3n) is 3.03. The van der Waals surface area contributed by atoms with Gasteiger partial charge in [-0.25, -0.2) is 4.79 Å². The molecule has 0 spiro atoms. The molecule has 2 N–H and O–H groups in total. The van der Waals surface area contributed by atoms with Gasteiger partial charge in [-0.05, 0) is 18.4 Å². The summed E-state index contributed by atoms with van der Waals surface area (Å²) in [6.07, 6.45) is 1.55. The van der Waals surface area contributed by atoms with Crippen LogP contribution in [0.2, 0.25) is 0 Å². The van der Waals surface area contributed by atoms with Gasteiger partial charge in [0.05, 0.1) is 0 Å². The predicted octanol–water partition coefficient (Wildman–Crippen LogP) is 1.46. The number of aromatic nitrogens is 1. The van der Waals surface area contributed by atoms with Gasteiger partial charge in [0, 0.05) is 18.8 Å². The fourth-order valence-electron chi connectivity index (χ4n) is 1.84. The number of hydrogen-bond acceptors (Lipinski definition) is 3. The highest BCUT2D eigenvalue weighted by Crippen LogP contribution is 2.20. The van der Waals surface area contributed by atoms with Crippen LogP contribution in [0.3, 0.4) is 0 Å². The maximum atomic E-state index is 12.2. The van der Waals surface area contributed by atoms with Gasteiger partial charge >= 0.3 is 5.97 Å². The van der Waals surface area contributed by atoms with Crippen LogP contribution in [0.4, 0.5) is 0 Å². The van der Waals surface area contributed by atoms with Crippen LogP contribution in [0.5, 0.6) is 0 Å². The highest BCUT2D eigenvalue weighted by molar-refractivity contribution is 6.00. The van der Waals surface area contributed by atoms with Crippen LogP contribution in [-0.4, -0.2) is 33.4 Å². The Morgan fingerprint density at radius 1 is 1.30 bits per heavy atom. The number of carbonyl (C=O) groups excluding carboxylic acids is 2. The van der Waals surface area contributed by atoms with Gasteiger partial charge in [-0.1, -0.05) is 20.8 Å². The number of aryl methyl sites for hydroxylation is 1. The second-order valence-electron chi connectivity index (χ2n) is 5.89. The molecule has 1 rings (SSSR count). The molecule has 1 aromatic rings. The summed E-state index contributed by atoms with van der Waals surface area (Å²) in [5.74, 6) is -1.75. The first-order valence-corrected chi connectivity index (χ1v) is 6.25. The zero-order chi connectivity index (χ0) is 15.7. The van der Waals surface area contributed by atoms with Crippen molar-refractivity contribution in [3.8, 4) is 0 Å². The van der Waals surface area contributed by atoms with Gasteiger partial charge in [-0.15, -0.1) is 0 Å². The Hall–Kier alpha value is -2.11. The summed E-state index contributed by atoms with van der Waals surface area (Å²) in [5, 5.41) is 11.7. The molecule has 1 heterocycles. The Labute approximate surface area is 117 Å². The van der Waals surface area contributed by atoms with Gasteiger partial charge in [0.1, 0.15) is 11.7 Å². The number of rotatable bonds is 4. The van der Waals surface area contributed by atoms with Crippen molar-refractivity contribution in [1.82, 2.24) is 9.88 Å². The molecule has 0 aliphatic carbocycles. The van der Waals surface area contributed by atoms with E-state index in [2.05, 4.69) is 5.32 Å². The molecule has 0 aliphatic heterocycles. The molecule has 0 fully saturated rings. The SMILES string of the molecule is CC(=O)c1cc(C(=O)NC(C(=O)O)C(C)(C)C)n(C)c1. The lowest BCUT2D eigenvalue weighted by Crippen LogP contribution is -2.49. The molecule has 0 bridgehead atoms. The quantitative estimate of drug-likeness (QED) is 0.817. The Kier molecular flexibility index (Phi) is 4.37. The van der Waals surface area contributed by atoms with E-state index in [4.69, 9.17) is 0 Å². The van der Waals surface area contributed by atoms with Crippen LogP contribution in [0.15, 0.2) is 12.3 Å². The summed E-state index contributed by atoms with van der Waals surface area (Å²) >= 11 is 0. The Balaban J connectivity index is 3.01. The average Bonchev–Trinajstić information content (AvgIpc) is 2.66. The molecule has 0 saturated heterocycles. The molecular formula is C14H20N2O4. The van der Waals surface area contributed by atoms with Crippen molar-refractivity contribution in [2.24, 2.45) is 12.5 Å². The van der Waals surface area contributed by atoms with Crippen molar-refractivity contribution in [3.05, 3.63) is 23.5 Å². The monoisotopic (exact) mass is 280 g/mol. The lowest BCUT2D eigenvalue weighted by Gasteiger charge is -2.27. The highest BCUT2D eigenvalue weighted by Gasteiger charge is 2.33. The van der Waals surface area contributed by atoms with E-state index in [9.17, 15) is 19.5 Å². The molecule has 6 nitrogen and oxygen atoms in total. The number of nitrogens with one attached hydrogen (secondary N) is 1. The molecule has 0 aromatic carbocycles. The minimum Gasteiger partial charge on any atom is -0.480 e. The van der Waals surface area contributed by atoms with Crippen LogP contribution in [0.1, 0.15) is 48.5 Å². The number of carboxylic acids is 1. The third-order valence-corrected chi connectivity index (χ3v) is 3.03. The lowest BCUT2D eigenvalue weighted by atomic mass is 9.86. The van der Waals surface area contributed by atoms with Crippen molar-refractivity contribution < 1.29 is 19.5 Å². The van der Waals surface area contributed by atoms with E-state index in [1.165, 1.54) is 17.6 Å². The number of carboxylic acid groups (broad SMARTS) is 1. The van der Waals surface area contributed by atoms with E-state index < -0.39 is 23.3 Å². The van der Waals surface area contributed by atoms with Crippen molar-refractivity contribution in [2.45, 2.75) is 33.7 Å². The van der Waals surface area contributed by atoms with Crippen molar-refractivity contribution in [2.75, 3.05) is 0 Å². The molecule has 1 amide bonds. The van der Waals surface area contributed by atoms with Crippen LogP contribution >= 0.6 is 0 Å². The first-order valence-electron chi connectivity index (χ1n) is 6.25. The molecule has 1 atom stereocenters. The molecular weight excluding hydrogens is 260 g/mol. The molecule has 110 valence electrons. The Morgan fingerprint density at radius 2 is 1.85 bits per heavy atom. The lowest BCUT2D eigenvalue weighted by molar-refractivity contribution is -0.142. The fourth-order valence-corrected chi connectivity index (χ4v) is 1.84. The molecule has 0 radical (unpaired) electrons. The molecule has 0 saturated carbocycles. The topological polar surface area (TPSA) is 88.4 Å². The van der Waals surface area contributed by atoms with Gasteiger partial charge in [-0.3, -0.25) is 9.59 Å². The third kappa shape index (κ3) is 3.46. The van der Waals surface area contributed by atoms with Crippen LogP contribution in [0.25, 0.3) is 0 Å². The number of amides is 1. The van der Waals surface area contributed by atoms with Crippen molar-refractivity contribution in [3.63, 3.8) is 0 Å². The summed E-state index contributed by atoms with van der Waals surface area (Å²) in [6, 6.07) is 0.449. The summed E-state index contributed by atoms with van der Waals surface area (Å²) in [6.45, 7) is 6.61. The summed E-state index contributed by atoms with van der Waals surface area (Å²) in [5.41, 5.74) is 0.0572. The van der Waals surface area contributed by atoms with Gasteiger partial charge in [0.2, 0.25) is 0 Å². The Bertz CT molecular complexity index is 552. The van der Waals surface area contributed by atoms with Crippen molar-refractivity contribution >= 4 is 17.7 Å². The van der Waals surface area contributed by atoms with E-state index in [-0.39, 0.29) is 11.5 Å². The number of carbonyl (C=O) groups is 3. The van der Waals surface area contributed by atoms with Crippen LogP contribution < -0.4 is 5.32 Å². The highest BCUT2D eigenvalue weighted by atomic mass is 16.4. The van der Waals surface area contributed by atoms with E-state index in [0.29, 0.717) is 5.56 Å². The number of Topliss-reactive ketones (excluding diaryl/α,β-unsaturated/α-hetero) is 1. The van der Waals surface area contributed by atoms with E-state index in [1.54, 1.807) is 34.0 Å². The minimum atomic E-state index is -1.09. The van der Waals surface area contributed by atoms with Gasteiger partial charge < -0.3 is 15.0 Å². The second kappa shape index (κ2) is 5.48. The zero-order valence-electron chi connectivity index (χ0n) is 12.4. The van der Waals surface area contributed by atoms with Gasteiger partial charge in [-0.2, -0.15) is 0 Å². The maximum Gasteiger partial charge on any atom is 0.326 e. The maximum absolute atomic E-state index is 12.2. The largest absolute Gasteiger partial charge is 0.480 e. The summed E-state index contributed by atoms with van der Waals surface area (Å²) in [7, 11) is 1.63. The molecule has 0 aliphatic rings. The molecule has 20 heavy (non-hydrogen) atoms. The average molecular weight is 280 g/mol. The summed E-state index contributed by atoms with van der Waals surface area (Å²) in [4.78, 5) is 34.7.